The van der Waals surface area contributed by atoms with Crippen LogP contribution in [0.2, 0.25) is 0 Å². The molecule has 0 bridgehead atoms. The molecule has 0 spiro atoms. The molecule has 1 aliphatic carbocycles. The third-order valence-electron chi connectivity index (χ3n) is 7.51. The highest BCUT2D eigenvalue weighted by atomic mass is 79.9. The molecule has 1 aliphatic heterocycles. The van der Waals surface area contributed by atoms with Gasteiger partial charge in [-0.2, -0.15) is 0 Å². The summed E-state index contributed by atoms with van der Waals surface area (Å²) in [5.74, 6) is -1.51. The Morgan fingerprint density at radius 3 is 2.23 bits per heavy atom. The van der Waals surface area contributed by atoms with E-state index in [1.54, 1.807) is 4.90 Å². The first-order valence-electron chi connectivity index (χ1n) is 13.7. The Balaban J connectivity index is 1.56. The van der Waals surface area contributed by atoms with Crippen LogP contribution in [0.1, 0.15) is 50.2 Å². The van der Waals surface area contributed by atoms with Crippen LogP contribution in [0.4, 0.5) is 0 Å². The Morgan fingerprint density at radius 2 is 1.62 bits per heavy atom. The summed E-state index contributed by atoms with van der Waals surface area (Å²) in [5, 5.41) is 3.01. The number of nitrogens with zero attached hydrogens (tertiary/aromatic N) is 2. The number of benzene rings is 2. The summed E-state index contributed by atoms with van der Waals surface area (Å²) in [6.45, 7) is 2.86. The van der Waals surface area contributed by atoms with Crippen LogP contribution >= 0.6 is 15.9 Å². The van der Waals surface area contributed by atoms with E-state index >= 15 is 0 Å². The summed E-state index contributed by atoms with van der Waals surface area (Å²) in [6.07, 6.45) is 7.14. The van der Waals surface area contributed by atoms with Crippen LogP contribution in [0.3, 0.4) is 0 Å². The summed E-state index contributed by atoms with van der Waals surface area (Å²) >= 11 is 3.45. The maximum atomic E-state index is 13.8. The molecule has 4 amide bonds. The van der Waals surface area contributed by atoms with Gasteiger partial charge in [0.05, 0.1) is 11.8 Å². The van der Waals surface area contributed by atoms with Crippen molar-refractivity contribution in [3.63, 3.8) is 0 Å². The van der Waals surface area contributed by atoms with E-state index < -0.39 is 6.04 Å². The van der Waals surface area contributed by atoms with Crippen LogP contribution < -0.4 is 5.32 Å². The van der Waals surface area contributed by atoms with Gasteiger partial charge in [-0.3, -0.25) is 24.1 Å². The van der Waals surface area contributed by atoms with E-state index in [-0.39, 0.29) is 55.0 Å². The molecule has 0 aromatic heterocycles. The van der Waals surface area contributed by atoms with Crippen LogP contribution in [0, 0.1) is 11.8 Å². The largest absolute Gasteiger partial charge is 0.354 e. The molecule has 2 aliphatic rings. The average Bonchev–Trinajstić information content (AvgIpc) is 3.20. The molecule has 7 nitrogen and oxygen atoms in total. The van der Waals surface area contributed by atoms with Crippen LogP contribution in [-0.2, 0) is 32.1 Å². The number of halogens is 1. The number of allylic oxidation sites excluding steroid dienone is 2. The molecule has 1 fully saturated rings. The van der Waals surface area contributed by atoms with Gasteiger partial charge < -0.3 is 10.2 Å². The molecule has 1 saturated heterocycles. The van der Waals surface area contributed by atoms with E-state index in [1.165, 1.54) is 4.90 Å². The second kappa shape index (κ2) is 13.7. The molecule has 2 aromatic rings. The zero-order chi connectivity index (χ0) is 27.8. The van der Waals surface area contributed by atoms with Gasteiger partial charge in [-0.1, -0.05) is 83.9 Å². The first-order chi connectivity index (χ1) is 18.9. The third-order valence-corrected chi connectivity index (χ3v) is 8.04. The van der Waals surface area contributed by atoms with Crippen molar-refractivity contribution in [2.75, 3.05) is 13.1 Å². The summed E-state index contributed by atoms with van der Waals surface area (Å²) in [6, 6.07) is 16.6. The summed E-state index contributed by atoms with van der Waals surface area (Å²) in [4.78, 5) is 56.1. The molecule has 4 rings (SSSR count). The van der Waals surface area contributed by atoms with E-state index in [2.05, 4.69) is 28.2 Å². The van der Waals surface area contributed by atoms with Gasteiger partial charge in [0, 0.05) is 36.9 Å². The Morgan fingerprint density at radius 1 is 0.974 bits per heavy atom. The van der Waals surface area contributed by atoms with Crippen molar-refractivity contribution in [3.8, 4) is 0 Å². The monoisotopic (exact) mass is 593 g/mol. The Kier molecular flexibility index (Phi) is 10.1. The fraction of sp³-hybridized carbons (Fsp3) is 0.419. The molecule has 1 N–H and O–H groups in total. The van der Waals surface area contributed by atoms with Gasteiger partial charge in [0.15, 0.2) is 0 Å². The zero-order valence-corrected chi connectivity index (χ0v) is 23.9. The quantitative estimate of drug-likeness (QED) is 0.220. The van der Waals surface area contributed by atoms with Crippen molar-refractivity contribution in [2.24, 2.45) is 11.8 Å². The van der Waals surface area contributed by atoms with Gasteiger partial charge in [-0.25, -0.2) is 0 Å². The van der Waals surface area contributed by atoms with Crippen molar-refractivity contribution in [2.45, 2.75) is 58.0 Å². The molecule has 0 saturated carbocycles. The van der Waals surface area contributed by atoms with E-state index in [0.717, 1.165) is 28.4 Å². The number of nitrogens with one attached hydrogen (secondary N) is 1. The SMILES string of the molecule is CCCCNC(=O)C(Cc1ccccc1)N(Cc1ccc(Br)cc1)C(=O)CCN1C(=O)[C@H]2CC=CC[C@H]2C1=O. The van der Waals surface area contributed by atoms with Crippen molar-refractivity contribution in [1.29, 1.82) is 0 Å². The highest BCUT2D eigenvalue weighted by Crippen LogP contribution is 2.35. The molecule has 206 valence electrons. The fourth-order valence-corrected chi connectivity index (χ4v) is 5.55. The number of amides is 4. The summed E-state index contributed by atoms with van der Waals surface area (Å²) in [7, 11) is 0. The maximum absolute atomic E-state index is 13.8. The van der Waals surface area contributed by atoms with E-state index in [0.29, 0.717) is 25.8 Å². The lowest BCUT2D eigenvalue weighted by molar-refractivity contribution is -0.144. The lowest BCUT2D eigenvalue weighted by atomic mass is 9.85. The number of imide groups is 1. The Hall–Kier alpha value is -3.26. The van der Waals surface area contributed by atoms with Gasteiger partial charge >= 0.3 is 0 Å². The molecular formula is C31H36BrN3O4. The van der Waals surface area contributed by atoms with Crippen molar-refractivity contribution >= 4 is 39.6 Å². The second-order valence-electron chi connectivity index (χ2n) is 10.2. The smallest absolute Gasteiger partial charge is 0.243 e. The van der Waals surface area contributed by atoms with Gasteiger partial charge in [0.2, 0.25) is 23.6 Å². The molecule has 2 aromatic carbocycles. The number of rotatable bonds is 12. The lowest BCUT2D eigenvalue weighted by Crippen LogP contribution is -2.51. The van der Waals surface area contributed by atoms with Crippen LogP contribution in [0.25, 0.3) is 0 Å². The lowest BCUT2D eigenvalue weighted by Gasteiger charge is -2.32. The van der Waals surface area contributed by atoms with E-state index in [9.17, 15) is 19.2 Å². The van der Waals surface area contributed by atoms with Crippen LogP contribution in [0.5, 0.6) is 0 Å². The van der Waals surface area contributed by atoms with Gasteiger partial charge in [0.1, 0.15) is 6.04 Å². The van der Waals surface area contributed by atoms with Gasteiger partial charge in [-0.05, 0) is 42.5 Å². The average molecular weight is 595 g/mol. The molecule has 3 atom stereocenters. The van der Waals surface area contributed by atoms with Crippen molar-refractivity contribution in [1.82, 2.24) is 15.1 Å². The minimum absolute atomic E-state index is 0.0237. The predicted molar refractivity (Wildman–Crippen MR) is 153 cm³/mol. The van der Waals surface area contributed by atoms with Crippen molar-refractivity contribution in [3.05, 3.63) is 82.3 Å². The summed E-state index contributed by atoms with van der Waals surface area (Å²) in [5.41, 5.74) is 1.83. The van der Waals surface area contributed by atoms with Gasteiger partial charge in [0.25, 0.3) is 0 Å². The third kappa shape index (κ3) is 7.24. The number of unbranched alkanes of at least 4 members (excludes halogenated alkanes) is 1. The number of carbonyl (C=O) groups is 4. The number of carbonyl (C=O) groups excluding carboxylic acids is 4. The predicted octanol–water partition coefficient (Wildman–Crippen LogP) is 4.65. The molecule has 1 unspecified atom stereocenters. The first-order valence-corrected chi connectivity index (χ1v) is 14.5. The highest BCUT2D eigenvalue weighted by Gasteiger charge is 2.47. The van der Waals surface area contributed by atoms with Gasteiger partial charge in [-0.15, -0.1) is 0 Å². The fourth-order valence-electron chi connectivity index (χ4n) is 5.29. The maximum Gasteiger partial charge on any atom is 0.243 e. The summed E-state index contributed by atoms with van der Waals surface area (Å²) < 4.78 is 0.921. The zero-order valence-electron chi connectivity index (χ0n) is 22.4. The van der Waals surface area contributed by atoms with Crippen LogP contribution in [0.15, 0.2) is 71.2 Å². The number of fused-ring (bicyclic) bond motifs is 1. The molecule has 0 radical (unpaired) electrons. The standard InChI is InChI=1S/C31H36BrN3O4/c1-2-3-18-33-29(37)27(20-22-9-5-4-6-10-22)35(21-23-13-15-24(32)16-14-23)28(36)17-19-34-30(38)25-11-7-8-12-26(25)31(34)39/h4-10,13-16,25-27H,2-3,11-12,17-21H2,1H3,(H,33,37)/t25-,26+,27?. The second-order valence-corrected chi connectivity index (χ2v) is 11.1. The molecular weight excluding hydrogens is 558 g/mol. The number of likely N-dealkylation sites (tertiary alicyclic amines) is 1. The Bertz CT molecular complexity index is 1170. The van der Waals surface area contributed by atoms with E-state index in [1.807, 2.05) is 66.7 Å². The number of hydrogen-bond donors (Lipinski definition) is 1. The minimum Gasteiger partial charge on any atom is -0.354 e. The Labute approximate surface area is 238 Å². The van der Waals surface area contributed by atoms with Crippen LogP contribution in [-0.4, -0.2) is 52.6 Å². The normalized spacial score (nSPS) is 19.1. The minimum atomic E-state index is -0.739. The van der Waals surface area contributed by atoms with Crippen molar-refractivity contribution < 1.29 is 19.2 Å². The molecule has 1 heterocycles. The first kappa shape index (κ1) is 28.7. The highest BCUT2D eigenvalue weighted by molar-refractivity contribution is 9.10. The number of hydrogen-bond acceptors (Lipinski definition) is 4. The molecule has 39 heavy (non-hydrogen) atoms. The van der Waals surface area contributed by atoms with E-state index in [4.69, 9.17) is 0 Å². The topological polar surface area (TPSA) is 86.8 Å². The molecule has 8 heteroatoms.